The zero-order valence-corrected chi connectivity index (χ0v) is 14.7. The molecule has 3 rings (SSSR count). The Morgan fingerprint density at radius 2 is 1.92 bits per heavy atom. The Labute approximate surface area is 142 Å². The van der Waals surface area contributed by atoms with Crippen molar-refractivity contribution in [2.45, 2.75) is 39.7 Å². The third-order valence-corrected chi connectivity index (χ3v) is 4.54. The maximum Gasteiger partial charge on any atom is 0.335 e. The van der Waals surface area contributed by atoms with E-state index in [9.17, 15) is 9.90 Å². The van der Waals surface area contributed by atoms with Crippen molar-refractivity contribution < 1.29 is 19.4 Å². The molecule has 0 saturated carbocycles. The third kappa shape index (κ3) is 2.62. The summed E-state index contributed by atoms with van der Waals surface area (Å²) < 4.78 is 11.7. The van der Waals surface area contributed by atoms with Crippen LogP contribution in [0.4, 0.5) is 0 Å². The predicted octanol–water partition coefficient (Wildman–Crippen LogP) is 4.39. The normalized spacial score (nSPS) is 14.9. The van der Waals surface area contributed by atoms with Crippen molar-refractivity contribution in [1.29, 1.82) is 0 Å². The number of hydrogen-bond donors (Lipinski definition) is 1. The minimum Gasteiger partial charge on any atom is -0.497 e. The molecule has 1 heterocycles. The van der Waals surface area contributed by atoms with E-state index in [1.807, 2.05) is 39.8 Å². The topological polar surface area (TPSA) is 55.8 Å². The number of aromatic carboxylic acids is 1. The van der Waals surface area contributed by atoms with Crippen LogP contribution in [0.2, 0.25) is 0 Å². The van der Waals surface area contributed by atoms with Crippen LogP contribution >= 0.6 is 0 Å². The van der Waals surface area contributed by atoms with Gasteiger partial charge in [-0.25, -0.2) is 4.79 Å². The Hall–Kier alpha value is -2.49. The Morgan fingerprint density at radius 3 is 2.54 bits per heavy atom. The second-order valence-electron chi connectivity index (χ2n) is 6.93. The lowest BCUT2D eigenvalue weighted by Crippen LogP contribution is -2.30. The van der Waals surface area contributed by atoms with Gasteiger partial charge in [-0.3, -0.25) is 0 Å². The zero-order valence-electron chi connectivity index (χ0n) is 14.7. The first-order valence-corrected chi connectivity index (χ1v) is 7.97. The van der Waals surface area contributed by atoms with Gasteiger partial charge in [0.15, 0.2) is 0 Å². The van der Waals surface area contributed by atoms with Gasteiger partial charge in [0.05, 0.1) is 12.7 Å². The summed E-state index contributed by atoms with van der Waals surface area (Å²) in [6, 6.07) is 7.39. The van der Waals surface area contributed by atoms with Gasteiger partial charge in [-0.2, -0.15) is 0 Å². The second-order valence-corrected chi connectivity index (χ2v) is 6.93. The number of aryl methyl sites for hydroxylation is 1. The maximum absolute atomic E-state index is 11.6. The third-order valence-electron chi connectivity index (χ3n) is 4.54. The standard InChI is InChI=1S/C20H22O4/c1-11-8-14(23-5)9-13-10-20(3,4)24-16-7-6-15(19(21)22)12(2)18(16)17(11)13/h6-9H,10H2,1-5H3,(H,21,22). The highest BCUT2D eigenvalue weighted by atomic mass is 16.5. The number of fused-ring (bicyclic) bond motifs is 3. The first-order chi connectivity index (χ1) is 11.2. The number of rotatable bonds is 2. The predicted molar refractivity (Wildman–Crippen MR) is 93.3 cm³/mol. The van der Waals surface area contributed by atoms with Crippen molar-refractivity contribution in [3.63, 3.8) is 0 Å². The largest absolute Gasteiger partial charge is 0.497 e. The van der Waals surface area contributed by atoms with Gasteiger partial charge < -0.3 is 14.6 Å². The van der Waals surface area contributed by atoms with E-state index >= 15 is 0 Å². The quantitative estimate of drug-likeness (QED) is 0.889. The number of carbonyl (C=O) groups is 1. The Kier molecular flexibility index (Phi) is 3.78. The fourth-order valence-corrected chi connectivity index (χ4v) is 3.55. The molecule has 1 aliphatic heterocycles. The summed E-state index contributed by atoms with van der Waals surface area (Å²) in [5, 5.41) is 9.48. The van der Waals surface area contributed by atoms with Gasteiger partial charge in [0, 0.05) is 12.0 Å². The molecule has 24 heavy (non-hydrogen) atoms. The average molecular weight is 326 g/mol. The van der Waals surface area contributed by atoms with Crippen LogP contribution in [-0.4, -0.2) is 23.8 Å². The molecule has 0 bridgehead atoms. The van der Waals surface area contributed by atoms with E-state index in [0.29, 0.717) is 5.56 Å². The van der Waals surface area contributed by atoms with Gasteiger partial charge in [0.1, 0.15) is 17.1 Å². The lowest BCUT2D eigenvalue weighted by atomic mass is 9.87. The molecule has 0 aliphatic carbocycles. The molecule has 1 N–H and O–H groups in total. The van der Waals surface area contributed by atoms with Crippen molar-refractivity contribution in [2.24, 2.45) is 0 Å². The molecule has 0 saturated heterocycles. The number of benzene rings is 2. The summed E-state index contributed by atoms with van der Waals surface area (Å²) in [7, 11) is 1.65. The molecule has 4 heteroatoms. The summed E-state index contributed by atoms with van der Waals surface area (Å²) in [5.41, 5.74) is 4.73. The molecule has 0 amide bonds. The van der Waals surface area contributed by atoms with Gasteiger partial charge in [-0.15, -0.1) is 0 Å². The SMILES string of the molecule is COc1cc(C)c2c(c1)CC(C)(C)Oc1ccc(C(=O)O)c(C)c1-2. The smallest absolute Gasteiger partial charge is 0.335 e. The van der Waals surface area contributed by atoms with E-state index in [0.717, 1.165) is 45.7 Å². The van der Waals surface area contributed by atoms with Crippen molar-refractivity contribution >= 4 is 5.97 Å². The number of methoxy groups -OCH3 is 1. The van der Waals surface area contributed by atoms with Crippen molar-refractivity contribution in [1.82, 2.24) is 0 Å². The van der Waals surface area contributed by atoms with E-state index in [-0.39, 0.29) is 0 Å². The highest BCUT2D eigenvalue weighted by Gasteiger charge is 2.31. The van der Waals surface area contributed by atoms with Gasteiger partial charge in [0.25, 0.3) is 0 Å². The molecule has 2 aromatic carbocycles. The highest BCUT2D eigenvalue weighted by Crippen LogP contribution is 2.45. The first-order valence-electron chi connectivity index (χ1n) is 7.97. The fourth-order valence-electron chi connectivity index (χ4n) is 3.55. The van der Waals surface area contributed by atoms with Gasteiger partial charge in [-0.1, -0.05) is 0 Å². The molecule has 2 aromatic rings. The maximum atomic E-state index is 11.6. The van der Waals surface area contributed by atoms with Crippen LogP contribution < -0.4 is 9.47 Å². The summed E-state index contributed by atoms with van der Waals surface area (Å²) in [5.74, 6) is 0.610. The monoisotopic (exact) mass is 326 g/mol. The molecule has 0 fully saturated rings. The highest BCUT2D eigenvalue weighted by molar-refractivity contribution is 5.94. The molecule has 0 atom stereocenters. The van der Waals surface area contributed by atoms with Crippen molar-refractivity contribution in [3.8, 4) is 22.6 Å². The summed E-state index contributed by atoms with van der Waals surface area (Å²) in [6.45, 7) is 7.95. The number of ether oxygens (including phenoxy) is 2. The van der Waals surface area contributed by atoms with Crippen LogP contribution in [0.3, 0.4) is 0 Å². The van der Waals surface area contributed by atoms with Crippen LogP contribution in [0.25, 0.3) is 11.1 Å². The van der Waals surface area contributed by atoms with Crippen LogP contribution in [0, 0.1) is 13.8 Å². The Morgan fingerprint density at radius 1 is 1.21 bits per heavy atom. The van der Waals surface area contributed by atoms with E-state index in [1.165, 1.54) is 0 Å². The lowest BCUT2D eigenvalue weighted by Gasteiger charge is -2.25. The van der Waals surface area contributed by atoms with E-state index in [4.69, 9.17) is 9.47 Å². The van der Waals surface area contributed by atoms with Crippen molar-refractivity contribution in [3.05, 3.63) is 46.5 Å². The lowest BCUT2D eigenvalue weighted by molar-refractivity contribution is 0.0696. The van der Waals surface area contributed by atoms with Crippen LogP contribution in [0.5, 0.6) is 11.5 Å². The molecule has 1 aliphatic rings. The van der Waals surface area contributed by atoms with E-state index in [1.54, 1.807) is 19.2 Å². The number of hydrogen-bond acceptors (Lipinski definition) is 3. The van der Waals surface area contributed by atoms with Crippen LogP contribution in [0.1, 0.15) is 40.9 Å². The van der Waals surface area contributed by atoms with Gasteiger partial charge >= 0.3 is 5.97 Å². The molecular formula is C20H22O4. The summed E-state index contributed by atoms with van der Waals surface area (Å²) >= 11 is 0. The molecule has 126 valence electrons. The Balaban J connectivity index is 2.39. The first kappa shape index (κ1) is 16.4. The van der Waals surface area contributed by atoms with E-state index in [2.05, 4.69) is 0 Å². The molecule has 4 nitrogen and oxygen atoms in total. The van der Waals surface area contributed by atoms with Gasteiger partial charge in [0.2, 0.25) is 0 Å². The minimum absolute atomic E-state index is 0.304. The summed E-state index contributed by atoms with van der Waals surface area (Å²) in [4.78, 5) is 11.6. The second kappa shape index (κ2) is 5.55. The fraction of sp³-hybridized carbons (Fsp3) is 0.350. The number of carboxylic acids is 1. The summed E-state index contributed by atoms with van der Waals surface area (Å²) in [6.07, 6.45) is 0.719. The van der Waals surface area contributed by atoms with E-state index < -0.39 is 11.6 Å². The zero-order chi connectivity index (χ0) is 17.6. The average Bonchev–Trinajstić information content (AvgIpc) is 2.59. The minimum atomic E-state index is -0.925. The van der Waals surface area contributed by atoms with Gasteiger partial charge in [-0.05, 0) is 74.2 Å². The molecule has 0 aromatic heterocycles. The molecule has 0 radical (unpaired) electrons. The number of carboxylic acid groups (broad SMARTS) is 1. The Bertz CT molecular complexity index is 834. The molecule has 0 unspecified atom stereocenters. The molecule has 0 spiro atoms. The van der Waals surface area contributed by atoms with Crippen LogP contribution in [0.15, 0.2) is 24.3 Å². The molecular weight excluding hydrogens is 304 g/mol. The van der Waals surface area contributed by atoms with Crippen LogP contribution in [-0.2, 0) is 6.42 Å². The van der Waals surface area contributed by atoms with Crippen molar-refractivity contribution in [2.75, 3.05) is 7.11 Å².